The predicted molar refractivity (Wildman–Crippen MR) is 121 cm³/mol. The third-order valence-electron chi connectivity index (χ3n) is 5.31. The van der Waals surface area contributed by atoms with Crippen LogP contribution in [0.4, 0.5) is 0 Å². The Kier molecular flexibility index (Phi) is 6.86. The van der Waals surface area contributed by atoms with Crippen molar-refractivity contribution in [3.8, 4) is 22.8 Å². The maximum Gasteiger partial charge on any atom is 0.233 e. The molecule has 0 bridgehead atoms. The zero-order valence-corrected chi connectivity index (χ0v) is 18.7. The second-order valence-corrected chi connectivity index (χ2v) is 8.62. The lowest BCUT2D eigenvalue weighted by atomic mass is 10.0. The van der Waals surface area contributed by atoms with Crippen LogP contribution in [0.25, 0.3) is 17.1 Å². The Morgan fingerprint density at radius 2 is 1.94 bits per heavy atom. The number of pyridine rings is 1. The van der Waals surface area contributed by atoms with Gasteiger partial charge in [0.1, 0.15) is 5.75 Å². The molecule has 2 aromatic heterocycles. The summed E-state index contributed by atoms with van der Waals surface area (Å²) in [7, 11) is 0. The van der Waals surface area contributed by atoms with Gasteiger partial charge >= 0.3 is 0 Å². The van der Waals surface area contributed by atoms with E-state index in [9.17, 15) is 4.79 Å². The summed E-state index contributed by atoms with van der Waals surface area (Å²) in [5.41, 5.74) is 1.83. The number of nitrogens with zero attached hydrogens (tertiary/aromatic N) is 5. The van der Waals surface area contributed by atoms with Gasteiger partial charge in [0.15, 0.2) is 11.0 Å². The van der Waals surface area contributed by atoms with Crippen LogP contribution in [0.3, 0.4) is 0 Å². The van der Waals surface area contributed by atoms with Gasteiger partial charge in [-0.3, -0.25) is 14.3 Å². The van der Waals surface area contributed by atoms with Gasteiger partial charge in [0.2, 0.25) is 5.91 Å². The van der Waals surface area contributed by atoms with Crippen LogP contribution >= 0.6 is 11.8 Å². The molecule has 3 aromatic rings. The number of piperidine rings is 1. The maximum absolute atomic E-state index is 12.8. The van der Waals surface area contributed by atoms with E-state index in [1.807, 2.05) is 52.8 Å². The van der Waals surface area contributed by atoms with Crippen LogP contribution in [0, 0.1) is 5.92 Å². The first-order chi connectivity index (χ1) is 15.2. The Morgan fingerprint density at radius 1 is 1.16 bits per heavy atom. The zero-order valence-electron chi connectivity index (χ0n) is 17.9. The molecule has 3 heterocycles. The number of likely N-dealkylation sites (tertiary alicyclic amines) is 1. The Bertz CT molecular complexity index is 1010. The summed E-state index contributed by atoms with van der Waals surface area (Å²) < 4.78 is 7.56. The van der Waals surface area contributed by atoms with Crippen molar-refractivity contribution in [3.63, 3.8) is 0 Å². The van der Waals surface area contributed by atoms with Crippen molar-refractivity contribution >= 4 is 17.7 Å². The Labute approximate surface area is 186 Å². The first-order valence-corrected chi connectivity index (χ1v) is 11.6. The quantitative estimate of drug-likeness (QED) is 0.519. The normalized spacial score (nSPS) is 16.3. The van der Waals surface area contributed by atoms with Crippen LogP contribution in [0.5, 0.6) is 5.75 Å². The minimum Gasteiger partial charge on any atom is -0.494 e. The van der Waals surface area contributed by atoms with Gasteiger partial charge in [0, 0.05) is 36.7 Å². The highest BCUT2D eigenvalue weighted by atomic mass is 32.2. The molecular weight excluding hydrogens is 410 g/mol. The van der Waals surface area contributed by atoms with E-state index in [1.165, 1.54) is 18.2 Å². The van der Waals surface area contributed by atoms with E-state index in [0.717, 1.165) is 36.5 Å². The molecule has 162 valence electrons. The molecule has 31 heavy (non-hydrogen) atoms. The number of aromatic nitrogens is 4. The van der Waals surface area contributed by atoms with Gasteiger partial charge in [-0.25, -0.2) is 0 Å². The summed E-state index contributed by atoms with van der Waals surface area (Å²) in [4.78, 5) is 18.9. The number of amides is 1. The number of rotatable bonds is 7. The molecule has 1 aliphatic heterocycles. The largest absolute Gasteiger partial charge is 0.494 e. The average Bonchev–Trinajstić information content (AvgIpc) is 3.23. The molecule has 1 amide bonds. The molecule has 0 N–H and O–H groups in total. The van der Waals surface area contributed by atoms with Crippen molar-refractivity contribution in [2.45, 2.75) is 31.8 Å². The van der Waals surface area contributed by atoms with E-state index >= 15 is 0 Å². The molecule has 0 aliphatic carbocycles. The Hall–Kier alpha value is -2.87. The fourth-order valence-electron chi connectivity index (χ4n) is 3.78. The lowest BCUT2D eigenvalue weighted by molar-refractivity contribution is -0.130. The van der Waals surface area contributed by atoms with Gasteiger partial charge in [-0.2, -0.15) is 0 Å². The average molecular weight is 438 g/mol. The summed E-state index contributed by atoms with van der Waals surface area (Å²) in [6.07, 6.45) is 5.74. The summed E-state index contributed by atoms with van der Waals surface area (Å²) in [5, 5.41) is 9.53. The van der Waals surface area contributed by atoms with Crippen molar-refractivity contribution in [2.75, 3.05) is 25.4 Å². The number of ether oxygens (including phenoxy) is 1. The van der Waals surface area contributed by atoms with Crippen LogP contribution < -0.4 is 4.74 Å². The fourth-order valence-corrected chi connectivity index (χ4v) is 4.63. The van der Waals surface area contributed by atoms with Gasteiger partial charge in [-0.05, 0) is 62.1 Å². The first kappa shape index (κ1) is 21.4. The standard InChI is InChI=1S/C23H27N5O2S/c1-3-30-20-8-6-19(7-9-20)28-22(18-10-12-24-13-11-18)25-26-23(28)31-16-21(29)27-14-4-5-17(2)15-27/h6-13,17H,3-5,14-16H2,1-2H3. The van der Waals surface area contributed by atoms with E-state index in [0.29, 0.717) is 29.3 Å². The van der Waals surface area contributed by atoms with Crippen LogP contribution in [-0.2, 0) is 4.79 Å². The van der Waals surface area contributed by atoms with Crippen LogP contribution in [0.2, 0.25) is 0 Å². The number of carbonyl (C=O) groups is 1. The molecule has 1 fully saturated rings. The van der Waals surface area contributed by atoms with Crippen molar-refractivity contribution in [1.82, 2.24) is 24.6 Å². The molecule has 0 saturated carbocycles. The Morgan fingerprint density at radius 3 is 2.65 bits per heavy atom. The molecule has 8 heteroatoms. The van der Waals surface area contributed by atoms with E-state index < -0.39 is 0 Å². The van der Waals surface area contributed by atoms with Crippen molar-refractivity contribution in [2.24, 2.45) is 5.92 Å². The van der Waals surface area contributed by atoms with Crippen molar-refractivity contribution < 1.29 is 9.53 Å². The molecule has 1 aliphatic rings. The fraction of sp³-hybridized carbons (Fsp3) is 0.391. The summed E-state index contributed by atoms with van der Waals surface area (Å²) >= 11 is 1.43. The number of hydrogen-bond donors (Lipinski definition) is 0. The van der Waals surface area contributed by atoms with Crippen molar-refractivity contribution in [1.29, 1.82) is 0 Å². The van der Waals surface area contributed by atoms with Gasteiger partial charge in [0.25, 0.3) is 0 Å². The summed E-state index contributed by atoms with van der Waals surface area (Å²) in [5.74, 6) is 2.59. The zero-order chi connectivity index (χ0) is 21.6. The molecule has 1 unspecified atom stereocenters. The third-order valence-corrected chi connectivity index (χ3v) is 6.23. The number of benzene rings is 1. The lowest BCUT2D eigenvalue weighted by Gasteiger charge is -2.30. The molecule has 0 radical (unpaired) electrons. The minimum absolute atomic E-state index is 0.156. The minimum atomic E-state index is 0.156. The smallest absolute Gasteiger partial charge is 0.233 e. The highest BCUT2D eigenvalue weighted by molar-refractivity contribution is 7.99. The van der Waals surface area contributed by atoms with Crippen molar-refractivity contribution in [3.05, 3.63) is 48.8 Å². The van der Waals surface area contributed by atoms with Crippen LogP contribution in [0.15, 0.2) is 53.9 Å². The van der Waals surface area contributed by atoms with E-state index in [-0.39, 0.29) is 5.91 Å². The summed E-state index contributed by atoms with van der Waals surface area (Å²) in [6.45, 7) is 6.47. The first-order valence-electron chi connectivity index (χ1n) is 10.7. The second kappa shape index (κ2) is 9.96. The van der Waals surface area contributed by atoms with E-state index in [1.54, 1.807) is 12.4 Å². The maximum atomic E-state index is 12.8. The SMILES string of the molecule is CCOc1ccc(-n2c(SCC(=O)N3CCCC(C)C3)nnc2-c2ccncc2)cc1. The molecule has 7 nitrogen and oxygen atoms in total. The molecular formula is C23H27N5O2S. The molecule has 1 aromatic carbocycles. The lowest BCUT2D eigenvalue weighted by Crippen LogP contribution is -2.40. The van der Waals surface area contributed by atoms with Crippen LogP contribution in [-0.4, -0.2) is 56.0 Å². The van der Waals surface area contributed by atoms with Gasteiger partial charge in [0.05, 0.1) is 12.4 Å². The number of carbonyl (C=O) groups excluding carboxylic acids is 1. The van der Waals surface area contributed by atoms with E-state index in [2.05, 4.69) is 22.1 Å². The molecule has 0 spiro atoms. The number of thioether (sulfide) groups is 1. The van der Waals surface area contributed by atoms with Gasteiger partial charge < -0.3 is 9.64 Å². The van der Waals surface area contributed by atoms with E-state index in [4.69, 9.17) is 4.74 Å². The Balaban J connectivity index is 1.60. The highest BCUT2D eigenvalue weighted by Crippen LogP contribution is 2.29. The topological polar surface area (TPSA) is 73.1 Å². The molecule has 1 saturated heterocycles. The van der Waals surface area contributed by atoms with Gasteiger partial charge in [-0.15, -0.1) is 10.2 Å². The summed E-state index contributed by atoms with van der Waals surface area (Å²) in [6, 6.07) is 11.6. The highest BCUT2D eigenvalue weighted by Gasteiger charge is 2.23. The molecule has 4 rings (SSSR count). The van der Waals surface area contributed by atoms with Gasteiger partial charge in [-0.1, -0.05) is 18.7 Å². The monoisotopic (exact) mass is 437 g/mol. The predicted octanol–water partition coefficient (Wildman–Crippen LogP) is 4.08. The third kappa shape index (κ3) is 5.07. The second-order valence-electron chi connectivity index (χ2n) is 7.68. The van der Waals surface area contributed by atoms with Crippen LogP contribution in [0.1, 0.15) is 26.7 Å². The number of hydrogen-bond acceptors (Lipinski definition) is 6. The molecule has 1 atom stereocenters.